The minimum Gasteiger partial charge on any atom is -0.275 e. The third-order valence-corrected chi connectivity index (χ3v) is 3.78. The van der Waals surface area contributed by atoms with E-state index < -0.39 is 0 Å². The molecule has 1 atom stereocenters. The van der Waals surface area contributed by atoms with Crippen molar-refractivity contribution in [1.82, 2.24) is 4.90 Å². The lowest BCUT2D eigenvalue weighted by Gasteiger charge is -2.13. The summed E-state index contributed by atoms with van der Waals surface area (Å²) in [4.78, 5) is 24.0. The fraction of sp³-hybridized carbons (Fsp3) is 0.750. The number of hydrogen-bond donors (Lipinski definition) is 0. The topological polar surface area (TPSA) is 37.4 Å². The van der Waals surface area contributed by atoms with Gasteiger partial charge in [0.15, 0.2) is 0 Å². The second kappa shape index (κ2) is 8.89. The van der Waals surface area contributed by atoms with Crippen molar-refractivity contribution in [3.63, 3.8) is 0 Å². The van der Waals surface area contributed by atoms with Gasteiger partial charge in [-0.05, 0) is 12.3 Å². The molecule has 0 radical (unpaired) electrons. The number of nitrogens with zero attached hydrogens (tertiary/aromatic N) is 1. The number of hydrogen-bond acceptors (Lipinski definition) is 2. The van der Waals surface area contributed by atoms with Crippen molar-refractivity contribution in [3.05, 3.63) is 12.2 Å². The summed E-state index contributed by atoms with van der Waals surface area (Å²) in [6.07, 6.45) is 12.5. The van der Waals surface area contributed by atoms with Gasteiger partial charge in [-0.1, -0.05) is 58.8 Å². The zero-order valence-electron chi connectivity index (χ0n) is 12.4. The van der Waals surface area contributed by atoms with Crippen LogP contribution in [0, 0.1) is 5.92 Å². The predicted octanol–water partition coefficient (Wildman–Crippen LogP) is 3.69. The lowest BCUT2D eigenvalue weighted by atomic mass is 9.97. The molecule has 0 fully saturated rings. The molecule has 0 aromatic rings. The fourth-order valence-electron chi connectivity index (χ4n) is 2.46. The summed E-state index contributed by atoms with van der Waals surface area (Å²) in [5.74, 6) is 0.530. The van der Waals surface area contributed by atoms with Crippen molar-refractivity contribution in [2.75, 3.05) is 6.54 Å². The van der Waals surface area contributed by atoms with Gasteiger partial charge in [0, 0.05) is 18.7 Å². The van der Waals surface area contributed by atoms with Crippen molar-refractivity contribution < 1.29 is 9.59 Å². The number of unbranched alkanes of at least 4 members (excludes halogenated alkanes) is 4. The first-order chi connectivity index (χ1) is 9.15. The van der Waals surface area contributed by atoms with Gasteiger partial charge in [0.25, 0.3) is 11.8 Å². The molecule has 0 saturated heterocycles. The summed E-state index contributed by atoms with van der Waals surface area (Å²) in [5.41, 5.74) is 0. The van der Waals surface area contributed by atoms with E-state index in [9.17, 15) is 9.59 Å². The molecule has 1 unspecified atom stereocenters. The Morgan fingerprint density at radius 1 is 0.947 bits per heavy atom. The Morgan fingerprint density at radius 2 is 1.53 bits per heavy atom. The minimum atomic E-state index is -0.154. The van der Waals surface area contributed by atoms with E-state index >= 15 is 0 Å². The molecule has 3 nitrogen and oxygen atoms in total. The predicted molar refractivity (Wildman–Crippen MR) is 77.6 cm³/mol. The van der Waals surface area contributed by atoms with Gasteiger partial charge in [0.05, 0.1) is 0 Å². The molecule has 2 amide bonds. The Kier molecular flexibility index (Phi) is 7.46. The van der Waals surface area contributed by atoms with E-state index in [1.165, 1.54) is 55.6 Å². The van der Waals surface area contributed by atoms with Crippen LogP contribution in [0.5, 0.6) is 0 Å². The van der Waals surface area contributed by atoms with Crippen LogP contribution in [0.4, 0.5) is 0 Å². The molecule has 1 heterocycles. The minimum absolute atomic E-state index is 0.154. The first kappa shape index (κ1) is 15.9. The molecule has 0 aromatic heterocycles. The Morgan fingerprint density at radius 3 is 2.16 bits per heavy atom. The highest BCUT2D eigenvalue weighted by molar-refractivity contribution is 6.12. The molecule has 0 aromatic carbocycles. The van der Waals surface area contributed by atoms with Crippen molar-refractivity contribution in [1.29, 1.82) is 0 Å². The van der Waals surface area contributed by atoms with E-state index in [1.807, 2.05) is 0 Å². The Hall–Kier alpha value is -1.12. The number of carbonyl (C=O) groups is 2. The molecule has 1 rings (SSSR count). The van der Waals surface area contributed by atoms with Crippen molar-refractivity contribution in [2.45, 2.75) is 65.2 Å². The van der Waals surface area contributed by atoms with Crippen LogP contribution in [0.1, 0.15) is 65.2 Å². The molecule has 0 saturated carbocycles. The van der Waals surface area contributed by atoms with Crippen LogP contribution >= 0.6 is 0 Å². The maximum absolute atomic E-state index is 11.3. The van der Waals surface area contributed by atoms with Gasteiger partial charge in [-0.3, -0.25) is 14.5 Å². The molecular formula is C16H27NO2. The molecule has 0 N–H and O–H groups in total. The molecular weight excluding hydrogens is 238 g/mol. The van der Waals surface area contributed by atoms with Gasteiger partial charge in [-0.15, -0.1) is 0 Å². The van der Waals surface area contributed by atoms with Crippen LogP contribution in [0.2, 0.25) is 0 Å². The molecule has 108 valence electrons. The highest BCUT2D eigenvalue weighted by Gasteiger charge is 2.21. The highest BCUT2D eigenvalue weighted by atomic mass is 16.2. The summed E-state index contributed by atoms with van der Waals surface area (Å²) in [6.45, 7) is 5.15. The van der Waals surface area contributed by atoms with Crippen LogP contribution < -0.4 is 0 Å². The third kappa shape index (κ3) is 6.04. The number of carbonyl (C=O) groups excluding carboxylic acids is 2. The van der Waals surface area contributed by atoms with Crippen LogP contribution in [0.25, 0.3) is 0 Å². The zero-order chi connectivity index (χ0) is 14.1. The standard InChI is InChI=1S/C16H27NO2/c1-3-4-9-14(2)10-7-5-6-8-13-17-15(18)11-12-16(17)19/h11-12,14H,3-10,13H2,1-2H3. The fourth-order valence-corrected chi connectivity index (χ4v) is 2.46. The quantitative estimate of drug-likeness (QED) is 0.446. The summed E-state index contributed by atoms with van der Waals surface area (Å²) in [6, 6.07) is 0. The van der Waals surface area contributed by atoms with E-state index in [0.717, 1.165) is 18.8 Å². The van der Waals surface area contributed by atoms with Gasteiger partial charge in [-0.2, -0.15) is 0 Å². The summed E-state index contributed by atoms with van der Waals surface area (Å²) < 4.78 is 0. The molecule has 0 bridgehead atoms. The Balaban J connectivity index is 1.97. The van der Waals surface area contributed by atoms with Crippen molar-refractivity contribution >= 4 is 11.8 Å². The van der Waals surface area contributed by atoms with Crippen LogP contribution in [-0.4, -0.2) is 23.3 Å². The van der Waals surface area contributed by atoms with Gasteiger partial charge in [0.1, 0.15) is 0 Å². The second-order valence-electron chi connectivity index (χ2n) is 5.61. The van der Waals surface area contributed by atoms with Crippen LogP contribution in [0.15, 0.2) is 12.2 Å². The summed E-state index contributed by atoms with van der Waals surface area (Å²) in [7, 11) is 0. The molecule has 1 aliphatic rings. The Bertz CT molecular complexity index is 305. The van der Waals surface area contributed by atoms with Gasteiger partial charge >= 0.3 is 0 Å². The third-order valence-electron chi connectivity index (χ3n) is 3.78. The van der Waals surface area contributed by atoms with E-state index in [4.69, 9.17) is 0 Å². The first-order valence-corrected chi connectivity index (χ1v) is 7.68. The molecule has 3 heteroatoms. The van der Waals surface area contributed by atoms with Gasteiger partial charge in [-0.25, -0.2) is 0 Å². The molecule has 19 heavy (non-hydrogen) atoms. The van der Waals surface area contributed by atoms with E-state index in [1.54, 1.807) is 0 Å². The number of amides is 2. The number of imide groups is 1. The maximum atomic E-state index is 11.3. The molecule has 0 aliphatic carbocycles. The monoisotopic (exact) mass is 265 g/mol. The average Bonchev–Trinajstić information content (AvgIpc) is 2.71. The SMILES string of the molecule is CCCCC(C)CCCCCCN1C(=O)C=CC1=O. The van der Waals surface area contributed by atoms with Crippen molar-refractivity contribution in [2.24, 2.45) is 5.92 Å². The first-order valence-electron chi connectivity index (χ1n) is 7.68. The average molecular weight is 265 g/mol. The lowest BCUT2D eigenvalue weighted by molar-refractivity contribution is -0.136. The largest absolute Gasteiger partial charge is 0.275 e. The smallest absolute Gasteiger partial charge is 0.253 e. The second-order valence-corrected chi connectivity index (χ2v) is 5.61. The zero-order valence-corrected chi connectivity index (χ0v) is 12.4. The van der Waals surface area contributed by atoms with Crippen molar-refractivity contribution in [3.8, 4) is 0 Å². The maximum Gasteiger partial charge on any atom is 0.253 e. The number of rotatable bonds is 10. The lowest BCUT2D eigenvalue weighted by Crippen LogP contribution is -2.30. The van der Waals surface area contributed by atoms with Crippen LogP contribution in [-0.2, 0) is 9.59 Å². The summed E-state index contributed by atoms with van der Waals surface area (Å²) in [5, 5.41) is 0. The molecule has 0 spiro atoms. The van der Waals surface area contributed by atoms with Crippen LogP contribution in [0.3, 0.4) is 0 Å². The normalized spacial score (nSPS) is 16.4. The Labute approximate surface area is 117 Å². The van der Waals surface area contributed by atoms with E-state index in [2.05, 4.69) is 13.8 Å². The summed E-state index contributed by atoms with van der Waals surface area (Å²) >= 11 is 0. The van der Waals surface area contributed by atoms with Gasteiger partial charge < -0.3 is 0 Å². The highest BCUT2D eigenvalue weighted by Crippen LogP contribution is 2.16. The molecule has 1 aliphatic heterocycles. The van der Waals surface area contributed by atoms with Gasteiger partial charge in [0.2, 0.25) is 0 Å². The van der Waals surface area contributed by atoms with E-state index in [0.29, 0.717) is 6.54 Å². The van der Waals surface area contributed by atoms with E-state index in [-0.39, 0.29) is 11.8 Å².